The zero-order chi connectivity index (χ0) is 15.1. The van der Waals surface area contributed by atoms with E-state index in [1.54, 1.807) is 20.8 Å². The monoisotopic (exact) mass is 271 g/mol. The number of nitrogens with one attached hydrogen (secondary N) is 1. The molecule has 0 rings (SSSR count). The molecule has 0 aliphatic heterocycles. The van der Waals surface area contributed by atoms with E-state index in [1.165, 1.54) is 0 Å². The molecule has 108 valence electrons. The van der Waals surface area contributed by atoms with Gasteiger partial charge in [0.25, 0.3) is 0 Å². The molecule has 0 heterocycles. The molecule has 0 radical (unpaired) electrons. The van der Waals surface area contributed by atoms with Crippen molar-refractivity contribution in [1.82, 2.24) is 5.32 Å². The van der Waals surface area contributed by atoms with Gasteiger partial charge in [0.15, 0.2) is 0 Å². The summed E-state index contributed by atoms with van der Waals surface area (Å²) >= 11 is 0. The minimum Gasteiger partial charge on any atom is -0.478 e. The molecule has 0 aromatic rings. The molecule has 6 nitrogen and oxygen atoms in total. The fourth-order valence-electron chi connectivity index (χ4n) is 0.973. The maximum atomic E-state index is 11.3. The molecule has 0 aromatic heterocycles. The Bertz CT molecular complexity index is 368. The summed E-state index contributed by atoms with van der Waals surface area (Å²) in [5.74, 6) is -1.12. The Morgan fingerprint density at radius 2 is 1.84 bits per heavy atom. The quantitative estimate of drug-likeness (QED) is 0.418. The first-order valence-electron chi connectivity index (χ1n) is 5.78. The summed E-state index contributed by atoms with van der Waals surface area (Å²) < 4.78 is 10.2. The third-order valence-electron chi connectivity index (χ3n) is 1.88. The van der Waals surface area contributed by atoms with Crippen molar-refractivity contribution in [3.05, 3.63) is 24.3 Å². The SMILES string of the molecule is C=C(COCCNC(=O)OC(C)(C)C)C(=C)C(=O)O. The van der Waals surface area contributed by atoms with Crippen molar-refractivity contribution in [3.63, 3.8) is 0 Å². The minimum atomic E-state index is -1.12. The maximum absolute atomic E-state index is 11.3. The molecule has 0 unspecified atom stereocenters. The first kappa shape index (κ1) is 17.2. The van der Waals surface area contributed by atoms with Crippen molar-refractivity contribution < 1.29 is 24.2 Å². The summed E-state index contributed by atoms with van der Waals surface area (Å²) in [5, 5.41) is 11.2. The fourth-order valence-corrected chi connectivity index (χ4v) is 0.973. The van der Waals surface area contributed by atoms with E-state index >= 15 is 0 Å². The molecule has 0 bridgehead atoms. The third kappa shape index (κ3) is 8.84. The molecule has 0 saturated heterocycles. The second-order valence-corrected chi connectivity index (χ2v) is 4.87. The van der Waals surface area contributed by atoms with Gasteiger partial charge in [-0.1, -0.05) is 13.2 Å². The van der Waals surface area contributed by atoms with Crippen molar-refractivity contribution in [1.29, 1.82) is 0 Å². The summed E-state index contributed by atoms with van der Waals surface area (Å²) in [6, 6.07) is 0. The van der Waals surface area contributed by atoms with Crippen LogP contribution in [0.25, 0.3) is 0 Å². The normalized spacial score (nSPS) is 10.7. The van der Waals surface area contributed by atoms with E-state index in [9.17, 15) is 9.59 Å². The number of alkyl carbamates (subject to hydrolysis) is 1. The van der Waals surface area contributed by atoms with Gasteiger partial charge in [-0.25, -0.2) is 9.59 Å². The molecule has 0 aromatic carbocycles. The summed E-state index contributed by atoms with van der Waals surface area (Å²) in [6.07, 6.45) is -0.523. The number of amides is 1. The van der Waals surface area contributed by atoms with Crippen LogP contribution in [0.1, 0.15) is 20.8 Å². The zero-order valence-corrected chi connectivity index (χ0v) is 11.6. The van der Waals surface area contributed by atoms with Crippen molar-refractivity contribution in [2.45, 2.75) is 26.4 Å². The zero-order valence-electron chi connectivity index (χ0n) is 11.6. The predicted octanol–water partition coefficient (Wildman–Crippen LogP) is 1.72. The van der Waals surface area contributed by atoms with Crippen LogP contribution >= 0.6 is 0 Å². The van der Waals surface area contributed by atoms with Crippen molar-refractivity contribution in [2.75, 3.05) is 19.8 Å². The summed E-state index contributed by atoms with van der Waals surface area (Å²) in [5.41, 5.74) is -0.330. The Hall–Kier alpha value is -1.82. The molecule has 0 fully saturated rings. The number of aliphatic carboxylic acids is 1. The minimum absolute atomic E-state index is 0.0567. The van der Waals surface area contributed by atoms with E-state index in [0.29, 0.717) is 5.57 Å². The highest BCUT2D eigenvalue weighted by atomic mass is 16.6. The van der Waals surface area contributed by atoms with E-state index in [2.05, 4.69) is 18.5 Å². The molecule has 2 N–H and O–H groups in total. The Morgan fingerprint density at radius 1 is 1.26 bits per heavy atom. The standard InChI is InChI=1S/C13H21NO5/c1-9(10(2)11(15)16)8-18-7-6-14-12(17)19-13(3,4)5/h1-2,6-8H2,3-5H3,(H,14,17)(H,15,16). The van der Waals surface area contributed by atoms with Gasteiger partial charge in [-0.05, 0) is 26.3 Å². The number of carboxylic acids is 1. The van der Waals surface area contributed by atoms with Gasteiger partial charge in [0, 0.05) is 6.54 Å². The molecule has 0 aliphatic carbocycles. The van der Waals surface area contributed by atoms with E-state index in [0.717, 1.165) is 0 Å². The summed E-state index contributed by atoms with van der Waals surface area (Å²) in [6.45, 7) is 12.7. The second-order valence-electron chi connectivity index (χ2n) is 4.87. The van der Waals surface area contributed by atoms with Gasteiger partial charge in [0.1, 0.15) is 5.60 Å². The number of ether oxygens (including phenoxy) is 2. The van der Waals surface area contributed by atoms with Gasteiger partial charge in [-0.15, -0.1) is 0 Å². The molecule has 0 spiro atoms. The fraction of sp³-hybridized carbons (Fsp3) is 0.538. The topological polar surface area (TPSA) is 84.9 Å². The average molecular weight is 271 g/mol. The van der Waals surface area contributed by atoms with Gasteiger partial charge >= 0.3 is 12.1 Å². The number of carboxylic acid groups (broad SMARTS) is 1. The first-order valence-corrected chi connectivity index (χ1v) is 5.78. The van der Waals surface area contributed by atoms with Gasteiger partial charge in [0.05, 0.1) is 18.8 Å². The predicted molar refractivity (Wildman–Crippen MR) is 71.0 cm³/mol. The van der Waals surface area contributed by atoms with Crippen molar-refractivity contribution in [3.8, 4) is 0 Å². The lowest BCUT2D eigenvalue weighted by molar-refractivity contribution is -0.132. The molecule has 6 heteroatoms. The first-order chi connectivity index (χ1) is 8.63. The Kier molecular flexibility index (Phi) is 6.85. The Labute approximate surface area is 113 Å². The molecular weight excluding hydrogens is 250 g/mol. The number of carbonyl (C=O) groups excluding carboxylic acids is 1. The van der Waals surface area contributed by atoms with E-state index in [4.69, 9.17) is 14.6 Å². The van der Waals surface area contributed by atoms with Gasteiger partial charge < -0.3 is 19.9 Å². The van der Waals surface area contributed by atoms with Crippen LogP contribution in [0.5, 0.6) is 0 Å². The van der Waals surface area contributed by atoms with Crippen LogP contribution in [-0.2, 0) is 14.3 Å². The van der Waals surface area contributed by atoms with Crippen LogP contribution in [0.3, 0.4) is 0 Å². The number of rotatable bonds is 7. The largest absolute Gasteiger partial charge is 0.478 e. The average Bonchev–Trinajstić information content (AvgIpc) is 2.24. The number of hydrogen-bond acceptors (Lipinski definition) is 4. The van der Waals surface area contributed by atoms with Crippen LogP contribution in [0, 0.1) is 0 Å². The summed E-state index contributed by atoms with van der Waals surface area (Å²) in [7, 11) is 0. The van der Waals surface area contributed by atoms with Crippen LogP contribution in [0.4, 0.5) is 4.79 Å². The smallest absolute Gasteiger partial charge is 0.407 e. The lowest BCUT2D eigenvalue weighted by Crippen LogP contribution is -2.34. The lowest BCUT2D eigenvalue weighted by atomic mass is 10.1. The molecule has 0 aliphatic rings. The lowest BCUT2D eigenvalue weighted by Gasteiger charge is -2.19. The Morgan fingerprint density at radius 3 is 2.32 bits per heavy atom. The highest BCUT2D eigenvalue weighted by Crippen LogP contribution is 2.06. The molecule has 1 amide bonds. The highest BCUT2D eigenvalue weighted by Gasteiger charge is 2.15. The van der Waals surface area contributed by atoms with Crippen LogP contribution in [0.2, 0.25) is 0 Å². The van der Waals surface area contributed by atoms with Gasteiger partial charge in [0.2, 0.25) is 0 Å². The molecule has 0 saturated carbocycles. The Balaban J connectivity index is 3.72. The maximum Gasteiger partial charge on any atom is 0.407 e. The molecule has 0 atom stereocenters. The van der Waals surface area contributed by atoms with E-state index < -0.39 is 17.7 Å². The van der Waals surface area contributed by atoms with E-state index in [-0.39, 0.29) is 25.3 Å². The molecule has 19 heavy (non-hydrogen) atoms. The van der Waals surface area contributed by atoms with Crippen LogP contribution in [0.15, 0.2) is 24.3 Å². The van der Waals surface area contributed by atoms with Crippen LogP contribution < -0.4 is 5.32 Å². The number of carbonyl (C=O) groups is 2. The molecular formula is C13H21NO5. The van der Waals surface area contributed by atoms with Gasteiger partial charge in [-0.3, -0.25) is 0 Å². The van der Waals surface area contributed by atoms with Gasteiger partial charge in [-0.2, -0.15) is 0 Å². The van der Waals surface area contributed by atoms with Crippen LogP contribution in [-0.4, -0.2) is 42.5 Å². The van der Waals surface area contributed by atoms with E-state index in [1.807, 2.05) is 0 Å². The third-order valence-corrected chi connectivity index (χ3v) is 1.88. The van der Waals surface area contributed by atoms with Crippen molar-refractivity contribution in [2.24, 2.45) is 0 Å². The highest BCUT2D eigenvalue weighted by molar-refractivity contribution is 5.90. The summed E-state index contributed by atoms with van der Waals surface area (Å²) in [4.78, 5) is 21.8. The van der Waals surface area contributed by atoms with Crippen molar-refractivity contribution >= 4 is 12.1 Å². The number of hydrogen-bond donors (Lipinski definition) is 2. The second kappa shape index (κ2) is 7.58.